The van der Waals surface area contributed by atoms with Crippen LogP contribution in [0.4, 0.5) is 0 Å². The Morgan fingerprint density at radius 2 is 1.41 bits per heavy atom. The second-order valence-corrected chi connectivity index (χ2v) is 5.82. The topological polar surface area (TPSA) is 45.0 Å². The van der Waals surface area contributed by atoms with Crippen molar-refractivity contribution in [3.63, 3.8) is 0 Å². The fourth-order valence-corrected chi connectivity index (χ4v) is 2.51. The molecule has 0 aromatic carbocycles. The van der Waals surface area contributed by atoms with Gasteiger partial charge in [0.05, 0.1) is 6.54 Å². The molecule has 0 unspecified atom stereocenters. The summed E-state index contributed by atoms with van der Waals surface area (Å²) in [6.07, 6.45) is 12.9. The highest BCUT2D eigenvalue weighted by Gasteiger charge is 2.27. The summed E-state index contributed by atoms with van der Waals surface area (Å²) in [5, 5.41) is 18.9. The van der Waals surface area contributed by atoms with E-state index in [-0.39, 0.29) is 0 Å². The zero-order chi connectivity index (χ0) is 12.0. The second kappa shape index (κ2) is 6.48. The van der Waals surface area contributed by atoms with Gasteiger partial charge in [-0.3, -0.25) is 0 Å². The third-order valence-electron chi connectivity index (χ3n) is 3.95. The molecule has 2 aliphatic rings. The fourth-order valence-electron chi connectivity index (χ4n) is 2.51. The minimum atomic E-state index is -0.841. The van der Waals surface area contributed by atoms with Crippen LogP contribution in [0.25, 0.3) is 0 Å². The van der Waals surface area contributed by atoms with Gasteiger partial charge in [0.2, 0.25) is 0 Å². The summed E-state index contributed by atoms with van der Waals surface area (Å²) in [7, 11) is 0. The second-order valence-electron chi connectivity index (χ2n) is 5.82. The standard InChI is InChI=1S/C14H26N2O/c17-14(16-15-12-13-8-9-13)10-6-4-2-1-3-5-7-11-14/h13,17H,1-12H2. The van der Waals surface area contributed by atoms with Crippen LogP contribution in [0.2, 0.25) is 0 Å². The van der Waals surface area contributed by atoms with E-state index in [9.17, 15) is 5.11 Å². The summed E-state index contributed by atoms with van der Waals surface area (Å²) >= 11 is 0. The average Bonchev–Trinajstić information content (AvgIpc) is 3.12. The minimum absolute atomic E-state index is 0.766. The Kier molecular flexibility index (Phi) is 4.96. The highest BCUT2D eigenvalue weighted by atomic mass is 16.3. The number of hydrogen-bond acceptors (Lipinski definition) is 3. The quantitative estimate of drug-likeness (QED) is 0.740. The van der Waals surface area contributed by atoms with Crippen LogP contribution in [0.3, 0.4) is 0 Å². The number of aliphatic hydroxyl groups is 1. The maximum atomic E-state index is 10.5. The molecule has 2 fully saturated rings. The van der Waals surface area contributed by atoms with Gasteiger partial charge in [-0.05, 0) is 44.4 Å². The van der Waals surface area contributed by atoms with Gasteiger partial charge in [-0.15, -0.1) is 0 Å². The fraction of sp³-hybridized carbons (Fsp3) is 1.00. The van der Waals surface area contributed by atoms with Crippen molar-refractivity contribution in [3.8, 4) is 0 Å². The molecule has 2 rings (SSSR count). The smallest absolute Gasteiger partial charge is 0.176 e. The highest BCUT2D eigenvalue weighted by Crippen LogP contribution is 2.30. The summed E-state index contributed by atoms with van der Waals surface area (Å²) < 4.78 is 0. The van der Waals surface area contributed by atoms with Gasteiger partial charge in [-0.25, -0.2) is 0 Å². The molecule has 0 aliphatic heterocycles. The maximum Gasteiger partial charge on any atom is 0.176 e. The predicted molar refractivity (Wildman–Crippen MR) is 68.9 cm³/mol. The van der Waals surface area contributed by atoms with Crippen LogP contribution >= 0.6 is 0 Å². The molecule has 0 saturated heterocycles. The van der Waals surface area contributed by atoms with E-state index in [0.29, 0.717) is 0 Å². The number of hydrogen-bond donors (Lipinski definition) is 1. The monoisotopic (exact) mass is 238 g/mol. The van der Waals surface area contributed by atoms with E-state index < -0.39 is 5.72 Å². The van der Waals surface area contributed by atoms with Gasteiger partial charge in [0.1, 0.15) is 0 Å². The summed E-state index contributed by atoms with van der Waals surface area (Å²) in [5.74, 6) is 0.766. The maximum absolute atomic E-state index is 10.5. The average molecular weight is 238 g/mol. The first-order chi connectivity index (χ1) is 8.29. The number of nitrogens with zero attached hydrogens (tertiary/aromatic N) is 2. The molecule has 0 spiro atoms. The zero-order valence-electron chi connectivity index (χ0n) is 10.9. The molecule has 0 aromatic rings. The van der Waals surface area contributed by atoms with Gasteiger partial charge in [0.25, 0.3) is 0 Å². The Hall–Kier alpha value is -0.440. The van der Waals surface area contributed by atoms with E-state index in [1.165, 1.54) is 44.9 Å². The van der Waals surface area contributed by atoms with Crippen molar-refractivity contribution in [2.75, 3.05) is 6.54 Å². The van der Waals surface area contributed by atoms with Gasteiger partial charge in [-0.1, -0.05) is 32.1 Å². The molecular formula is C14H26N2O. The molecule has 0 bridgehead atoms. The first-order valence-electron chi connectivity index (χ1n) is 7.40. The lowest BCUT2D eigenvalue weighted by Gasteiger charge is -2.23. The molecule has 0 atom stereocenters. The molecule has 2 aliphatic carbocycles. The molecule has 1 N–H and O–H groups in total. The number of rotatable bonds is 3. The Labute approximate surface area is 105 Å². The Balaban J connectivity index is 1.80. The highest BCUT2D eigenvalue weighted by molar-refractivity contribution is 4.78. The molecule has 0 heterocycles. The van der Waals surface area contributed by atoms with E-state index in [1.807, 2.05) is 0 Å². The van der Waals surface area contributed by atoms with Crippen LogP contribution in [0.15, 0.2) is 10.2 Å². The SMILES string of the molecule is OC1(N=NCC2CC2)CCCCCCCCC1. The summed E-state index contributed by atoms with van der Waals surface area (Å²) in [4.78, 5) is 0. The van der Waals surface area contributed by atoms with Crippen molar-refractivity contribution in [2.24, 2.45) is 16.1 Å². The molecule has 0 aromatic heterocycles. The number of azo groups is 1. The molecule has 3 heteroatoms. The molecule has 0 radical (unpaired) electrons. The molecule has 0 amide bonds. The largest absolute Gasteiger partial charge is 0.368 e. The van der Waals surface area contributed by atoms with Gasteiger partial charge >= 0.3 is 0 Å². The van der Waals surface area contributed by atoms with Crippen molar-refractivity contribution in [3.05, 3.63) is 0 Å². The van der Waals surface area contributed by atoms with E-state index >= 15 is 0 Å². The normalized spacial score (nSPS) is 27.1. The van der Waals surface area contributed by atoms with Crippen LogP contribution in [-0.2, 0) is 0 Å². The van der Waals surface area contributed by atoms with Crippen LogP contribution < -0.4 is 0 Å². The van der Waals surface area contributed by atoms with Gasteiger partial charge < -0.3 is 5.11 Å². The van der Waals surface area contributed by atoms with Crippen molar-refractivity contribution in [2.45, 2.75) is 76.4 Å². The van der Waals surface area contributed by atoms with Crippen molar-refractivity contribution in [1.82, 2.24) is 0 Å². The Morgan fingerprint density at radius 1 is 0.882 bits per heavy atom. The Morgan fingerprint density at radius 3 is 1.94 bits per heavy atom. The third kappa shape index (κ3) is 5.15. The van der Waals surface area contributed by atoms with Gasteiger partial charge in [-0.2, -0.15) is 10.2 Å². The predicted octanol–water partition coefficient (Wildman–Crippen LogP) is 4.06. The van der Waals surface area contributed by atoms with E-state index in [0.717, 1.165) is 38.1 Å². The lowest BCUT2D eigenvalue weighted by atomic mass is 9.95. The van der Waals surface area contributed by atoms with Crippen molar-refractivity contribution >= 4 is 0 Å². The van der Waals surface area contributed by atoms with Crippen LogP contribution in [0, 0.1) is 5.92 Å². The molecule has 2 saturated carbocycles. The lowest BCUT2D eigenvalue weighted by molar-refractivity contribution is 0.0177. The van der Waals surface area contributed by atoms with Gasteiger partial charge in [0, 0.05) is 0 Å². The first kappa shape index (κ1) is 13.0. The van der Waals surface area contributed by atoms with Crippen LogP contribution in [0.1, 0.15) is 70.6 Å². The van der Waals surface area contributed by atoms with Crippen molar-refractivity contribution < 1.29 is 5.11 Å². The summed E-state index contributed by atoms with van der Waals surface area (Å²) in [6.45, 7) is 0.836. The third-order valence-corrected chi connectivity index (χ3v) is 3.95. The zero-order valence-corrected chi connectivity index (χ0v) is 10.9. The van der Waals surface area contributed by atoms with Gasteiger partial charge in [0.15, 0.2) is 5.72 Å². The molecule has 17 heavy (non-hydrogen) atoms. The van der Waals surface area contributed by atoms with Crippen molar-refractivity contribution in [1.29, 1.82) is 0 Å². The summed E-state index contributed by atoms with van der Waals surface area (Å²) in [6, 6.07) is 0. The Bertz CT molecular complexity index is 239. The van der Waals surface area contributed by atoms with E-state index in [1.54, 1.807) is 0 Å². The summed E-state index contributed by atoms with van der Waals surface area (Å²) in [5.41, 5.74) is -0.841. The van der Waals surface area contributed by atoms with E-state index in [4.69, 9.17) is 0 Å². The van der Waals surface area contributed by atoms with Crippen LogP contribution in [0.5, 0.6) is 0 Å². The first-order valence-corrected chi connectivity index (χ1v) is 7.40. The minimum Gasteiger partial charge on any atom is -0.368 e. The molecule has 98 valence electrons. The molecule has 3 nitrogen and oxygen atoms in total. The van der Waals surface area contributed by atoms with Crippen LogP contribution in [-0.4, -0.2) is 17.4 Å². The lowest BCUT2D eigenvalue weighted by Crippen LogP contribution is -2.25. The van der Waals surface area contributed by atoms with E-state index in [2.05, 4.69) is 10.2 Å². The molecular weight excluding hydrogens is 212 g/mol.